The van der Waals surface area contributed by atoms with E-state index in [0.29, 0.717) is 51.3 Å². The number of nitrogens with zero attached hydrogens (tertiary/aromatic N) is 4. The van der Waals surface area contributed by atoms with Crippen molar-refractivity contribution in [1.82, 2.24) is 9.66 Å². The van der Waals surface area contributed by atoms with Gasteiger partial charge in [-0.05, 0) is 54.4 Å². The number of rotatable bonds is 9. The van der Waals surface area contributed by atoms with Crippen LogP contribution in [0.4, 0.5) is 0 Å². The fourth-order valence-corrected chi connectivity index (χ4v) is 4.89. The van der Waals surface area contributed by atoms with Gasteiger partial charge in [-0.15, -0.1) is 6.58 Å². The first-order valence-corrected chi connectivity index (χ1v) is 13.6. The van der Waals surface area contributed by atoms with Crippen LogP contribution in [0.5, 0.6) is 11.5 Å². The monoisotopic (exact) mass is 566 g/mol. The van der Waals surface area contributed by atoms with Crippen LogP contribution in [0.1, 0.15) is 22.3 Å². The summed E-state index contributed by atoms with van der Waals surface area (Å²) in [5.41, 5.74) is 3.70. The van der Waals surface area contributed by atoms with E-state index < -0.39 is 0 Å². The van der Waals surface area contributed by atoms with Gasteiger partial charge in [0.25, 0.3) is 5.56 Å². The van der Waals surface area contributed by atoms with Crippen molar-refractivity contribution in [3.8, 4) is 29.2 Å². The van der Waals surface area contributed by atoms with Crippen molar-refractivity contribution in [2.24, 2.45) is 5.10 Å². The maximum Gasteiger partial charge on any atom is 0.282 e. The van der Waals surface area contributed by atoms with Gasteiger partial charge in [-0.1, -0.05) is 54.6 Å². The van der Waals surface area contributed by atoms with E-state index in [0.717, 1.165) is 16.5 Å². The van der Waals surface area contributed by atoms with Crippen molar-refractivity contribution < 1.29 is 13.9 Å². The van der Waals surface area contributed by atoms with Gasteiger partial charge in [0.15, 0.2) is 17.3 Å². The van der Waals surface area contributed by atoms with Crippen LogP contribution in [-0.4, -0.2) is 23.0 Å². The van der Waals surface area contributed by atoms with Gasteiger partial charge in [-0.3, -0.25) is 4.79 Å². The van der Waals surface area contributed by atoms with Gasteiger partial charge in [0, 0.05) is 16.5 Å². The van der Waals surface area contributed by atoms with Crippen LogP contribution in [0.2, 0.25) is 0 Å². The molecule has 0 aliphatic heterocycles. The first-order valence-electron chi connectivity index (χ1n) is 13.6. The lowest BCUT2D eigenvalue weighted by Crippen LogP contribution is -2.20. The van der Waals surface area contributed by atoms with E-state index >= 15 is 0 Å². The summed E-state index contributed by atoms with van der Waals surface area (Å²) in [6.45, 7) is 4.08. The van der Waals surface area contributed by atoms with Crippen LogP contribution < -0.4 is 15.0 Å². The molecule has 8 nitrogen and oxygen atoms in total. The van der Waals surface area contributed by atoms with Crippen LogP contribution >= 0.6 is 0 Å². The first-order chi connectivity index (χ1) is 21.1. The summed E-state index contributed by atoms with van der Waals surface area (Å²) < 4.78 is 19.2. The SMILES string of the molecule is C=CCc1cc(C=Nn2c(-c3cc4ccccc4o3)nc3ccccc3c2=O)cc(OC)c1OCc1ccccc1C#N. The number of para-hydroxylation sites is 2. The van der Waals surface area contributed by atoms with Crippen LogP contribution in [0.15, 0.2) is 118 Å². The van der Waals surface area contributed by atoms with Gasteiger partial charge in [0.1, 0.15) is 12.2 Å². The summed E-state index contributed by atoms with van der Waals surface area (Å²) in [4.78, 5) is 18.4. The Hall–Kier alpha value is -5.94. The fraction of sp³-hybridized carbons (Fsp3) is 0.0857. The van der Waals surface area contributed by atoms with Crippen LogP contribution in [0, 0.1) is 11.3 Å². The summed E-state index contributed by atoms with van der Waals surface area (Å²) in [6.07, 6.45) is 3.84. The molecular formula is C35H26N4O4. The molecule has 210 valence electrons. The summed E-state index contributed by atoms with van der Waals surface area (Å²) in [5, 5.41) is 15.4. The van der Waals surface area contributed by atoms with E-state index in [4.69, 9.17) is 18.9 Å². The number of fused-ring (bicyclic) bond motifs is 2. The molecule has 0 spiro atoms. The van der Waals surface area contributed by atoms with Crippen molar-refractivity contribution in [2.45, 2.75) is 13.0 Å². The Labute approximate surface area is 247 Å². The Morgan fingerprint density at radius 2 is 1.81 bits per heavy atom. The topological polar surface area (TPSA) is 103 Å². The van der Waals surface area contributed by atoms with Gasteiger partial charge in [0.05, 0.1) is 35.9 Å². The number of furan rings is 1. The molecule has 0 saturated carbocycles. The lowest BCUT2D eigenvalue weighted by molar-refractivity contribution is 0.281. The summed E-state index contributed by atoms with van der Waals surface area (Å²) in [7, 11) is 1.56. The van der Waals surface area contributed by atoms with Gasteiger partial charge < -0.3 is 13.9 Å². The van der Waals surface area contributed by atoms with E-state index in [1.807, 2.05) is 60.7 Å². The third kappa shape index (κ3) is 5.39. The molecule has 0 radical (unpaired) electrons. The molecule has 2 heterocycles. The van der Waals surface area contributed by atoms with Crippen LogP contribution in [0.3, 0.4) is 0 Å². The number of aromatic nitrogens is 2. The lowest BCUT2D eigenvalue weighted by atomic mass is 10.1. The van der Waals surface area contributed by atoms with Gasteiger partial charge in [0.2, 0.25) is 5.82 Å². The molecule has 2 aromatic heterocycles. The average molecular weight is 567 g/mol. The molecule has 0 unspecified atom stereocenters. The highest BCUT2D eigenvalue weighted by molar-refractivity contribution is 5.85. The highest BCUT2D eigenvalue weighted by atomic mass is 16.5. The van der Waals surface area contributed by atoms with Crippen molar-refractivity contribution in [1.29, 1.82) is 5.26 Å². The number of nitriles is 1. The summed E-state index contributed by atoms with van der Waals surface area (Å²) in [5.74, 6) is 1.73. The van der Waals surface area contributed by atoms with Crippen molar-refractivity contribution in [3.63, 3.8) is 0 Å². The van der Waals surface area contributed by atoms with E-state index in [-0.39, 0.29) is 18.0 Å². The fourth-order valence-electron chi connectivity index (χ4n) is 4.89. The summed E-state index contributed by atoms with van der Waals surface area (Å²) >= 11 is 0. The predicted octanol–water partition coefficient (Wildman–Crippen LogP) is 6.88. The van der Waals surface area contributed by atoms with E-state index in [9.17, 15) is 10.1 Å². The highest BCUT2D eigenvalue weighted by Crippen LogP contribution is 2.34. The molecule has 0 bridgehead atoms. The van der Waals surface area contributed by atoms with Gasteiger partial charge >= 0.3 is 0 Å². The Morgan fingerprint density at radius 1 is 1.02 bits per heavy atom. The largest absolute Gasteiger partial charge is 0.493 e. The smallest absolute Gasteiger partial charge is 0.282 e. The molecule has 4 aromatic carbocycles. The standard InChI is InChI=1S/C35H26N4O4/c1-3-10-25-17-23(18-31(41-2)33(25)42-22-27-13-5-4-12-26(27)20-36)21-37-39-34(32-19-24-11-6-9-16-30(24)43-32)38-29-15-8-7-14-28(29)35(39)40/h3-9,11-19,21H,1,10,22H2,2H3. The molecule has 6 rings (SSSR count). The van der Waals surface area contributed by atoms with Gasteiger partial charge in [-0.2, -0.15) is 15.0 Å². The molecule has 0 aliphatic carbocycles. The minimum absolute atomic E-state index is 0.191. The summed E-state index contributed by atoms with van der Waals surface area (Å²) in [6, 6.07) is 29.8. The zero-order valence-electron chi connectivity index (χ0n) is 23.4. The third-order valence-electron chi connectivity index (χ3n) is 6.97. The van der Waals surface area contributed by atoms with Gasteiger partial charge in [-0.25, -0.2) is 4.98 Å². The van der Waals surface area contributed by atoms with Crippen LogP contribution in [0.25, 0.3) is 33.5 Å². The quantitative estimate of drug-likeness (QED) is 0.140. The normalized spacial score (nSPS) is 11.2. The Bertz CT molecular complexity index is 2080. The Balaban J connectivity index is 1.42. The highest BCUT2D eigenvalue weighted by Gasteiger charge is 2.17. The minimum Gasteiger partial charge on any atom is -0.493 e. The van der Waals surface area contributed by atoms with Crippen molar-refractivity contribution in [2.75, 3.05) is 7.11 Å². The number of allylic oxidation sites excluding steroid dienone is 1. The molecule has 0 atom stereocenters. The number of hydrogen-bond acceptors (Lipinski definition) is 7. The Morgan fingerprint density at radius 3 is 2.63 bits per heavy atom. The van der Waals surface area contributed by atoms with E-state index in [2.05, 4.69) is 17.7 Å². The third-order valence-corrected chi connectivity index (χ3v) is 6.97. The zero-order chi connectivity index (χ0) is 29.8. The number of ether oxygens (including phenoxy) is 2. The molecule has 0 saturated heterocycles. The lowest BCUT2D eigenvalue weighted by Gasteiger charge is -2.16. The molecule has 0 aliphatic rings. The molecule has 0 amide bonds. The minimum atomic E-state index is -0.327. The van der Waals surface area contributed by atoms with E-state index in [1.165, 1.54) is 4.68 Å². The maximum absolute atomic E-state index is 13.7. The van der Waals surface area contributed by atoms with Crippen molar-refractivity contribution >= 4 is 28.1 Å². The second-order valence-electron chi connectivity index (χ2n) is 9.72. The van der Waals surface area contributed by atoms with Crippen molar-refractivity contribution in [3.05, 3.63) is 136 Å². The zero-order valence-corrected chi connectivity index (χ0v) is 23.4. The Kier molecular flexibility index (Phi) is 7.53. The number of hydrogen-bond donors (Lipinski definition) is 0. The molecule has 0 fully saturated rings. The molecular weight excluding hydrogens is 540 g/mol. The maximum atomic E-state index is 13.7. The number of methoxy groups -OCH3 is 1. The van der Waals surface area contributed by atoms with E-state index in [1.54, 1.807) is 49.7 Å². The molecule has 43 heavy (non-hydrogen) atoms. The molecule has 8 heteroatoms. The number of benzene rings is 4. The predicted molar refractivity (Wildman–Crippen MR) is 167 cm³/mol. The second kappa shape index (κ2) is 11.9. The average Bonchev–Trinajstić information content (AvgIpc) is 3.48. The molecule has 6 aromatic rings. The van der Waals surface area contributed by atoms with Crippen LogP contribution in [-0.2, 0) is 13.0 Å². The second-order valence-corrected chi connectivity index (χ2v) is 9.72. The molecule has 0 N–H and O–H groups in total. The first kappa shape index (κ1) is 27.2.